The van der Waals surface area contributed by atoms with Crippen LogP contribution in [-0.4, -0.2) is 50.5 Å². The van der Waals surface area contributed by atoms with E-state index in [1.165, 1.54) is 11.2 Å². The summed E-state index contributed by atoms with van der Waals surface area (Å²) in [4.78, 5) is 53.1. The average Bonchev–Trinajstić information content (AvgIpc) is 3.45. The van der Waals surface area contributed by atoms with Crippen LogP contribution < -0.4 is 5.73 Å². The molecule has 1 saturated heterocycles. The van der Waals surface area contributed by atoms with Gasteiger partial charge >= 0.3 is 12.1 Å². The number of Topliss-reactive ketones (excluding diaryl/α,β-unsaturated/α-hetero) is 1. The molecular weight excluding hydrogens is 572 g/mol. The molecule has 0 radical (unpaired) electrons. The van der Waals surface area contributed by atoms with Crippen LogP contribution in [0.3, 0.4) is 0 Å². The average molecular weight is 613 g/mol. The molecule has 0 aliphatic carbocycles. The fourth-order valence-electron chi connectivity index (χ4n) is 6.06. The summed E-state index contributed by atoms with van der Waals surface area (Å²) in [7, 11) is 0. The predicted octanol–water partition coefficient (Wildman–Crippen LogP) is 6.17. The molecule has 5 rings (SSSR count). The topological polar surface area (TPSA) is 138 Å². The molecule has 0 spiro atoms. The molecule has 1 aliphatic rings. The lowest BCUT2D eigenvalue weighted by atomic mass is 9.62. The number of rotatable bonds is 6. The SMILES string of the molecule is CC(C)(C)OC(=O)N1CCCC(C(=O)Cc2cc(-c3cncnc3)cc3ccoc23)(C(=O)OC(C)(C)C)C1(N)c1ccccc1. The number of carbonyl (C=O) groups excluding carboxylic acids is 3. The summed E-state index contributed by atoms with van der Waals surface area (Å²) < 4.78 is 17.6. The number of hydrogen-bond donors (Lipinski definition) is 1. The van der Waals surface area contributed by atoms with Crippen LogP contribution in [0.25, 0.3) is 22.1 Å². The number of hydrogen-bond acceptors (Lipinski definition) is 9. The first-order valence-corrected chi connectivity index (χ1v) is 15.0. The lowest BCUT2D eigenvalue weighted by Gasteiger charge is -2.54. The minimum atomic E-state index is -2.00. The largest absolute Gasteiger partial charge is 0.464 e. The van der Waals surface area contributed by atoms with Crippen molar-refractivity contribution in [2.75, 3.05) is 6.54 Å². The second-order valence-corrected chi connectivity index (χ2v) is 13.5. The molecule has 45 heavy (non-hydrogen) atoms. The minimum absolute atomic E-state index is 0.0545. The maximum Gasteiger partial charge on any atom is 0.412 e. The number of esters is 1. The van der Waals surface area contributed by atoms with Crippen LogP contribution in [-0.2, 0) is 31.1 Å². The zero-order chi connectivity index (χ0) is 32.6. The van der Waals surface area contributed by atoms with E-state index in [-0.39, 0.29) is 19.4 Å². The van der Waals surface area contributed by atoms with Gasteiger partial charge in [-0.05, 0) is 83.7 Å². The Morgan fingerprint density at radius 1 is 0.933 bits per heavy atom. The molecule has 1 aliphatic heterocycles. The van der Waals surface area contributed by atoms with Crippen molar-refractivity contribution in [3.05, 3.63) is 84.6 Å². The van der Waals surface area contributed by atoms with E-state index in [4.69, 9.17) is 19.6 Å². The van der Waals surface area contributed by atoms with Crippen molar-refractivity contribution >= 4 is 28.8 Å². The van der Waals surface area contributed by atoms with E-state index in [1.54, 1.807) is 90.5 Å². The van der Waals surface area contributed by atoms with Gasteiger partial charge in [-0.1, -0.05) is 30.3 Å². The number of benzene rings is 2. The quantitative estimate of drug-likeness (QED) is 0.200. The van der Waals surface area contributed by atoms with Gasteiger partial charge in [-0.25, -0.2) is 14.8 Å². The van der Waals surface area contributed by atoms with E-state index < -0.39 is 40.1 Å². The summed E-state index contributed by atoms with van der Waals surface area (Å²) in [6, 6.07) is 14.3. The molecule has 1 amide bonds. The van der Waals surface area contributed by atoms with E-state index in [2.05, 4.69) is 9.97 Å². The number of fused-ring (bicyclic) bond motifs is 1. The van der Waals surface area contributed by atoms with Crippen LogP contribution in [0.15, 0.2) is 77.9 Å². The number of amides is 1. The number of ether oxygens (including phenoxy) is 2. The highest BCUT2D eigenvalue weighted by Gasteiger charge is 2.67. The van der Waals surface area contributed by atoms with Crippen LogP contribution in [0.4, 0.5) is 4.79 Å². The van der Waals surface area contributed by atoms with Crippen molar-refractivity contribution in [1.29, 1.82) is 0 Å². The Bertz CT molecular complexity index is 1710. The fraction of sp³-hybridized carbons (Fsp3) is 0.400. The van der Waals surface area contributed by atoms with Crippen LogP contribution in [0.2, 0.25) is 0 Å². The van der Waals surface area contributed by atoms with Gasteiger partial charge in [0, 0.05) is 41.9 Å². The van der Waals surface area contributed by atoms with Gasteiger partial charge in [0.05, 0.1) is 6.26 Å². The highest BCUT2D eigenvalue weighted by molar-refractivity contribution is 6.08. The standard InChI is InChI=1S/C35H40N4O6/c1-32(2,3)44-30(41)34(14-10-15-39(31(42)45-33(4,5)6)35(34,36)27-11-8-7-9-12-27)28(40)19-25-18-24(26-20-37-22-38-21-26)17-23-13-16-43-29(23)25/h7-9,11-13,16-18,20-22H,10,14-15,19,36H2,1-6H3. The van der Waals surface area contributed by atoms with Crippen molar-refractivity contribution in [3.63, 3.8) is 0 Å². The summed E-state index contributed by atoms with van der Waals surface area (Å²) in [6.07, 6.45) is 5.78. The highest BCUT2D eigenvalue weighted by atomic mass is 16.6. The lowest BCUT2D eigenvalue weighted by Crippen LogP contribution is -2.73. The van der Waals surface area contributed by atoms with Gasteiger partial charge in [-0.15, -0.1) is 0 Å². The highest BCUT2D eigenvalue weighted by Crippen LogP contribution is 2.51. The molecule has 2 aromatic carbocycles. The van der Waals surface area contributed by atoms with Crippen LogP contribution in [0.5, 0.6) is 0 Å². The van der Waals surface area contributed by atoms with Crippen LogP contribution in [0.1, 0.15) is 65.5 Å². The second-order valence-electron chi connectivity index (χ2n) is 13.5. The summed E-state index contributed by atoms with van der Waals surface area (Å²) in [5.41, 5.74) is 4.63. The first kappa shape index (κ1) is 31.8. The Kier molecular flexibility index (Phi) is 8.31. The first-order chi connectivity index (χ1) is 21.2. The van der Waals surface area contributed by atoms with Crippen LogP contribution in [0, 0.1) is 5.41 Å². The molecule has 3 heterocycles. The molecule has 10 heteroatoms. The maximum atomic E-state index is 15.0. The van der Waals surface area contributed by atoms with E-state index in [9.17, 15) is 9.59 Å². The molecule has 0 bridgehead atoms. The molecule has 0 saturated carbocycles. The zero-order valence-electron chi connectivity index (χ0n) is 26.6. The number of ketones is 1. The zero-order valence-corrected chi connectivity index (χ0v) is 26.6. The van der Waals surface area contributed by atoms with Crippen molar-refractivity contribution in [2.24, 2.45) is 11.1 Å². The third-order valence-electron chi connectivity index (χ3n) is 7.93. The molecule has 4 aromatic rings. The van der Waals surface area contributed by atoms with E-state index in [1.807, 2.05) is 18.2 Å². The van der Waals surface area contributed by atoms with Gasteiger partial charge in [0.2, 0.25) is 0 Å². The molecule has 2 atom stereocenters. The van der Waals surface area contributed by atoms with Gasteiger partial charge in [0.15, 0.2) is 11.2 Å². The first-order valence-electron chi connectivity index (χ1n) is 15.0. The van der Waals surface area contributed by atoms with Crippen molar-refractivity contribution in [3.8, 4) is 11.1 Å². The van der Waals surface area contributed by atoms with E-state index in [0.29, 0.717) is 23.1 Å². The van der Waals surface area contributed by atoms with Crippen molar-refractivity contribution in [2.45, 2.75) is 77.7 Å². The van der Waals surface area contributed by atoms with Gasteiger partial charge in [-0.3, -0.25) is 14.5 Å². The Morgan fingerprint density at radius 3 is 2.24 bits per heavy atom. The number of nitrogens with zero attached hydrogens (tertiary/aromatic N) is 3. The Hall–Kier alpha value is -4.57. The number of nitrogens with two attached hydrogens (primary N) is 1. The maximum absolute atomic E-state index is 15.0. The predicted molar refractivity (Wildman–Crippen MR) is 169 cm³/mol. The monoisotopic (exact) mass is 612 g/mol. The summed E-state index contributed by atoms with van der Waals surface area (Å²) >= 11 is 0. The van der Waals surface area contributed by atoms with Crippen LogP contribution >= 0.6 is 0 Å². The molecule has 236 valence electrons. The number of piperidine rings is 1. The fourth-order valence-corrected chi connectivity index (χ4v) is 6.06. The molecule has 2 unspecified atom stereocenters. The van der Waals surface area contributed by atoms with Gasteiger partial charge in [0.25, 0.3) is 0 Å². The summed E-state index contributed by atoms with van der Waals surface area (Å²) in [6.45, 7) is 10.6. The number of aromatic nitrogens is 2. The molecule has 1 fully saturated rings. The third-order valence-corrected chi connectivity index (χ3v) is 7.93. The van der Waals surface area contributed by atoms with E-state index in [0.717, 1.165) is 16.5 Å². The second kappa shape index (κ2) is 11.7. The Morgan fingerprint density at radius 2 is 1.60 bits per heavy atom. The summed E-state index contributed by atoms with van der Waals surface area (Å²) in [5, 5.41) is 0.770. The molecular formula is C35H40N4O6. The normalized spacial score (nSPS) is 20.6. The van der Waals surface area contributed by atoms with E-state index >= 15 is 4.79 Å². The molecule has 2 N–H and O–H groups in total. The summed E-state index contributed by atoms with van der Waals surface area (Å²) in [5.74, 6) is -1.31. The van der Waals surface area contributed by atoms with Gasteiger partial charge in [-0.2, -0.15) is 0 Å². The smallest absolute Gasteiger partial charge is 0.412 e. The lowest BCUT2D eigenvalue weighted by molar-refractivity contribution is -0.188. The minimum Gasteiger partial charge on any atom is -0.464 e. The van der Waals surface area contributed by atoms with Crippen molar-refractivity contribution in [1.82, 2.24) is 14.9 Å². The molecule has 10 nitrogen and oxygen atoms in total. The molecule has 2 aromatic heterocycles. The number of likely N-dealkylation sites (tertiary alicyclic amines) is 1. The third kappa shape index (κ3) is 6.07. The number of furan rings is 1. The Labute approximate surface area is 262 Å². The van der Waals surface area contributed by atoms with Crippen molar-refractivity contribution < 1.29 is 28.3 Å². The van der Waals surface area contributed by atoms with Gasteiger partial charge in [0.1, 0.15) is 28.8 Å². The van der Waals surface area contributed by atoms with Gasteiger partial charge < -0.3 is 19.6 Å². The Balaban J connectivity index is 1.71. The number of carbonyl (C=O) groups is 3.